The molecule has 0 amide bonds. The Kier molecular flexibility index (Phi) is 2.50. The summed E-state index contributed by atoms with van der Waals surface area (Å²) in [5.41, 5.74) is 4.74. The number of nitrogens with zero attached hydrogens (tertiary/aromatic N) is 2. The van der Waals surface area contributed by atoms with E-state index >= 15 is 0 Å². The number of nitrogens with one attached hydrogen (secondary N) is 2. The average molecular weight is 270 g/mol. The molecule has 6 nitrogen and oxygen atoms in total. The van der Waals surface area contributed by atoms with Gasteiger partial charge in [0.1, 0.15) is 11.2 Å². The molecule has 1 aliphatic heterocycles. The number of hydrogen-bond donors (Lipinski definition) is 2. The van der Waals surface area contributed by atoms with E-state index in [2.05, 4.69) is 27.1 Å². The Balaban J connectivity index is 1.86. The molecule has 0 saturated heterocycles. The Morgan fingerprint density at radius 1 is 1.35 bits per heavy atom. The summed E-state index contributed by atoms with van der Waals surface area (Å²) in [5, 5.41) is 7.23. The topological polar surface area (TPSA) is 75.8 Å². The molecule has 3 heterocycles. The Labute approximate surface area is 115 Å². The van der Waals surface area contributed by atoms with Crippen LogP contribution < -0.4 is 4.89 Å². The fraction of sp³-hybridized carbons (Fsp3) is 0.286. The molecule has 0 bridgehead atoms. The van der Waals surface area contributed by atoms with Crippen molar-refractivity contribution in [3.8, 4) is 17.3 Å². The van der Waals surface area contributed by atoms with Crippen LogP contribution in [0.4, 0.5) is 0 Å². The van der Waals surface area contributed by atoms with Crippen LogP contribution in [0.5, 0.6) is 5.75 Å². The molecule has 0 atom stereocenters. The Morgan fingerprint density at radius 2 is 2.30 bits per heavy atom. The molecule has 0 spiro atoms. The second kappa shape index (κ2) is 4.35. The van der Waals surface area contributed by atoms with Crippen molar-refractivity contribution in [2.75, 3.05) is 6.61 Å². The normalized spacial score (nSPS) is 14.2. The van der Waals surface area contributed by atoms with Crippen molar-refractivity contribution < 1.29 is 9.78 Å². The SMILES string of the molecule is CCc1cc(-c2nc3c4c(ccc3[nH]2)CCOO4)[nH]n1. The van der Waals surface area contributed by atoms with Crippen LogP contribution in [0.15, 0.2) is 18.2 Å². The van der Waals surface area contributed by atoms with Crippen molar-refractivity contribution in [2.45, 2.75) is 19.8 Å². The lowest BCUT2D eigenvalue weighted by molar-refractivity contribution is -0.213. The van der Waals surface area contributed by atoms with Gasteiger partial charge >= 0.3 is 0 Å². The quantitative estimate of drug-likeness (QED) is 0.701. The van der Waals surface area contributed by atoms with E-state index in [1.54, 1.807) is 0 Å². The third kappa shape index (κ3) is 1.69. The summed E-state index contributed by atoms with van der Waals surface area (Å²) in [7, 11) is 0. The highest BCUT2D eigenvalue weighted by Crippen LogP contribution is 2.32. The van der Waals surface area contributed by atoms with E-state index in [1.165, 1.54) is 0 Å². The number of aromatic nitrogens is 4. The Bertz CT molecular complexity index is 775. The van der Waals surface area contributed by atoms with Gasteiger partial charge < -0.3 is 9.87 Å². The first-order valence-electron chi connectivity index (χ1n) is 6.71. The van der Waals surface area contributed by atoms with Gasteiger partial charge in [-0.25, -0.2) is 4.98 Å². The van der Waals surface area contributed by atoms with Crippen LogP contribution in [0, 0.1) is 0 Å². The molecule has 1 aliphatic rings. The summed E-state index contributed by atoms with van der Waals surface area (Å²) >= 11 is 0. The van der Waals surface area contributed by atoms with Crippen LogP contribution in [0.3, 0.4) is 0 Å². The highest BCUT2D eigenvalue weighted by Gasteiger charge is 2.19. The predicted octanol–water partition coefficient (Wildman–Crippen LogP) is 2.38. The minimum atomic E-state index is 0.580. The van der Waals surface area contributed by atoms with Gasteiger partial charge in [-0.15, -0.1) is 0 Å². The maximum absolute atomic E-state index is 5.30. The highest BCUT2D eigenvalue weighted by atomic mass is 17.2. The molecule has 4 rings (SSSR count). The smallest absolute Gasteiger partial charge is 0.196 e. The minimum Gasteiger partial charge on any atom is -0.337 e. The van der Waals surface area contributed by atoms with Gasteiger partial charge in [0.25, 0.3) is 0 Å². The fourth-order valence-corrected chi connectivity index (χ4v) is 2.43. The van der Waals surface area contributed by atoms with Crippen LogP contribution in [-0.2, 0) is 17.7 Å². The fourth-order valence-electron chi connectivity index (χ4n) is 2.43. The van der Waals surface area contributed by atoms with Crippen LogP contribution in [-0.4, -0.2) is 26.8 Å². The van der Waals surface area contributed by atoms with E-state index in [0.29, 0.717) is 12.4 Å². The largest absolute Gasteiger partial charge is 0.337 e. The van der Waals surface area contributed by atoms with Gasteiger partial charge in [-0.1, -0.05) is 13.0 Å². The minimum absolute atomic E-state index is 0.580. The molecule has 2 aromatic heterocycles. The molecule has 0 fully saturated rings. The van der Waals surface area contributed by atoms with E-state index in [-0.39, 0.29) is 0 Å². The van der Waals surface area contributed by atoms with Gasteiger partial charge in [-0.05, 0) is 18.6 Å². The molecule has 0 saturated carbocycles. The number of aromatic amines is 2. The maximum Gasteiger partial charge on any atom is 0.196 e. The molecule has 2 N–H and O–H groups in total. The lowest BCUT2D eigenvalue weighted by atomic mass is 10.1. The van der Waals surface area contributed by atoms with Crippen LogP contribution >= 0.6 is 0 Å². The van der Waals surface area contributed by atoms with Crippen LogP contribution in [0.1, 0.15) is 18.2 Å². The van der Waals surface area contributed by atoms with Gasteiger partial charge in [0, 0.05) is 12.0 Å². The van der Waals surface area contributed by atoms with E-state index in [9.17, 15) is 0 Å². The summed E-state index contributed by atoms with van der Waals surface area (Å²) in [6.45, 7) is 2.65. The van der Waals surface area contributed by atoms with Crippen LogP contribution in [0.25, 0.3) is 22.6 Å². The molecule has 3 aromatic rings. The van der Waals surface area contributed by atoms with Crippen molar-refractivity contribution in [2.24, 2.45) is 0 Å². The summed E-state index contributed by atoms with van der Waals surface area (Å²) < 4.78 is 0. The third-order valence-electron chi connectivity index (χ3n) is 3.53. The summed E-state index contributed by atoms with van der Waals surface area (Å²) in [6, 6.07) is 6.07. The third-order valence-corrected chi connectivity index (χ3v) is 3.53. The number of imidazole rings is 1. The zero-order valence-electron chi connectivity index (χ0n) is 11.1. The van der Waals surface area contributed by atoms with Crippen molar-refractivity contribution in [3.63, 3.8) is 0 Å². The van der Waals surface area contributed by atoms with Gasteiger partial charge in [0.2, 0.25) is 0 Å². The lowest BCUT2D eigenvalue weighted by Crippen LogP contribution is -2.11. The molecule has 6 heteroatoms. The second-order valence-electron chi connectivity index (χ2n) is 4.82. The Hall–Kier alpha value is -2.34. The molecular weight excluding hydrogens is 256 g/mol. The molecule has 1 aromatic carbocycles. The van der Waals surface area contributed by atoms with Crippen molar-refractivity contribution in [3.05, 3.63) is 29.5 Å². The van der Waals surface area contributed by atoms with Crippen LogP contribution in [0.2, 0.25) is 0 Å². The first-order chi connectivity index (χ1) is 9.85. The number of aryl methyl sites for hydroxylation is 1. The van der Waals surface area contributed by atoms with Crippen molar-refractivity contribution in [1.82, 2.24) is 20.2 Å². The zero-order chi connectivity index (χ0) is 13.5. The van der Waals surface area contributed by atoms with Gasteiger partial charge in [-0.2, -0.15) is 9.99 Å². The number of fused-ring (bicyclic) bond motifs is 3. The number of benzene rings is 1. The first kappa shape index (κ1) is 11.5. The molecule has 102 valence electrons. The molecule has 0 unspecified atom stereocenters. The van der Waals surface area contributed by atoms with Gasteiger partial charge in [-0.3, -0.25) is 5.10 Å². The molecule has 0 radical (unpaired) electrons. The van der Waals surface area contributed by atoms with Gasteiger partial charge in [0.05, 0.1) is 17.8 Å². The average Bonchev–Trinajstić information content (AvgIpc) is 3.13. The van der Waals surface area contributed by atoms with E-state index in [0.717, 1.165) is 46.7 Å². The number of hydrogen-bond acceptors (Lipinski definition) is 4. The predicted molar refractivity (Wildman–Crippen MR) is 73.3 cm³/mol. The monoisotopic (exact) mass is 270 g/mol. The van der Waals surface area contributed by atoms with Crippen molar-refractivity contribution in [1.29, 1.82) is 0 Å². The van der Waals surface area contributed by atoms with E-state index in [4.69, 9.17) is 9.78 Å². The summed E-state index contributed by atoms with van der Waals surface area (Å²) in [6.07, 6.45) is 1.74. The summed E-state index contributed by atoms with van der Waals surface area (Å²) in [4.78, 5) is 18.3. The first-order valence-corrected chi connectivity index (χ1v) is 6.71. The zero-order valence-corrected chi connectivity index (χ0v) is 11.1. The van der Waals surface area contributed by atoms with Crippen molar-refractivity contribution >= 4 is 11.0 Å². The van der Waals surface area contributed by atoms with E-state index < -0.39 is 0 Å². The molecule has 20 heavy (non-hydrogen) atoms. The second-order valence-corrected chi connectivity index (χ2v) is 4.82. The number of H-pyrrole nitrogens is 2. The van der Waals surface area contributed by atoms with E-state index in [1.807, 2.05) is 18.2 Å². The number of rotatable bonds is 2. The molecular formula is C14H14N4O2. The summed E-state index contributed by atoms with van der Waals surface area (Å²) in [5.74, 6) is 1.47. The molecule has 0 aliphatic carbocycles. The van der Waals surface area contributed by atoms with Gasteiger partial charge in [0.15, 0.2) is 11.6 Å². The standard InChI is InChI=1S/C14H14N4O2/c1-2-9-7-11(18-17-9)14-15-10-4-3-8-5-6-19-20-13(8)12(10)16-14/h3-4,7H,2,5-6H2,1H3,(H,15,16)(H,17,18). The maximum atomic E-state index is 5.30. The lowest BCUT2D eigenvalue weighted by Gasteiger charge is -2.15. The Morgan fingerprint density at radius 3 is 3.15 bits per heavy atom. The highest BCUT2D eigenvalue weighted by molar-refractivity contribution is 5.86.